The van der Waals surface area contributed by atoms with Gasteiger partial charge in [0.1, 0.15) is 31.3 Å². The summed E-state index contributed by atoms with van der Waals surface area (Å²) in [6.07, 6.45) is 0.481. The average molecular weight is 674 g/mol. The molecule has 1 aliphatic heterocycles. The van der Waals surface area contributed by atoms with Crippen molar-refractivity contribution >= 4 is 26.7 Å². The highest BCUT2D eigenvalue weighted by Gasteiger charge is 2.32. The molecular weight excluding hydrogens is 639 g/mol. The van der Waals surface area contributed by atoms with E-state index in [1.54, 1.807) is 30.3 Å². The van der Waals surface area contributed by atoms with Crippen LogP contribution in [0.2, 0.25) is 0 Å². The Kier molecular flexibility index (Phi) is 9.09. The maximum Gasteiger partial charge on any atom is 0.235 e. The molecule has 0 saturated carbocycles. The maximum absolute atomic E-state index is 14.4. The first-order valence-corrected chi connectivity index (χ1v) is 17.7. The molecule has 1 aliphatic rings. The topological polar surface area (TPSA) is 95.3 Å². The Labute approximate surface area is 285 Å². The van der Waals surface area contributed by atoms with E-state index in [4.69, 9.17) is 18.6 Å². The summed E-state index contributed by atoms with van der Waals surface area (Å²) in [6, 6.07) is 37.9. The summed E-state index contributed by atoms with van der Waals surface area (Å²) >= 11 is 0. The highest BCUT2D eigenvalue weighted by atomic mass is 32.2. The molecule has 5 aromatic carbocycles. The van der Waals surface area contributed by atoms with Gasteiger partial charge in [0, 0.05) is 12.6 Å². The zero-order valence-electron chi connectivity index (χ0n) is 27.0. The van der Waals surface area contributed by atoms with E-state index in [1.165, 1.54) is 4.31 Å². The van der Waals surface area contributed by atoms with Crippen LogP contribution < -0.4 is 23.9 Å². The zero-order valence-corrected chi connectivity index (χ0v) is 27.8. The van der Waals surface area contributed by atoms with Crippen molar-refractivity contribution in [3.05, 3.63) is 154 Å². The Morgan fingerprint density at radius 2 is 1.31 bits per heavy atom. The molecule has 6 aromatic rings. The van der Waals surface area contributed by atoms with Crippen LogP contribution in [0.3, 0.4) is 0 Å². The Morgan fingerprint density at radius 3 is 1.90 bits per heavy atom. The fourth-order valence-electron chi connectivity index (χ4n) is 5.91. The summed E-state index contributed by atoms with van der Waals surface area (Å²) in [6.45, 7) is 2.83. The SMILES string of the molecule is Cc1cc(N2CCCS2(=O)=O)c2oc(-c3ccc(OCc4ccccc4)cc3OCc3ccccc3)c(OCc3ccccc3)c(=O)c2c1. The van der Waals surface area contributed by atoms with Gasteiger partial charge < -0.3 is 18.6 Å². The van der Waals surface area contributed by atoms with Gasteiger partial charge in [-0.3, -0.25) is 9.10 Å². The second kappa shape index (κ2) is 13.9. The summed E-state index contributed by atoms with van der Waals surface area (Å²) in [5, 5.41) is 0.235. The number of rotatable bonds is 11. The second-order valence-corrected chi connectivity index (χ2v) is 14.0. The molecule has 1 saturated heterocycles. The number of ether oxygens (including phenoxy) is 3. The van der Waals surface area contributed by atoms with E-state index in [0.29, 0.717) is 42.3 Å². The molecule has 0 spiro atoms. The third-order valence-corrected chi connectivity index (χ3v) is 10.2. The Bertz CT molecular complexity index is 2250. The molecule has 2 heterocycles. The van der Waals surface area contributed by atoms with Gasteiger partial charge in [0.25, 0.3) is 0 Å². The molecule has 9 heteroatoms. The molecule has 0 amide bonds. The van der Waals surface area contributed by atoms with Gasteiger partial charge >= 0.3 is 0 Å². The van der Waals surface area contributed by atoms with Gasteiger partial charge in [-0.1, -0.05) is 91.0 Å². The summed E-state index contributed by atoms with van der Waals surface area (Å²) in [7, 11) is -3.58. The lowest BCUT2D eigenvalue weighted by molar-refractivity contribution is 0.287. The molecular formula is C40H35NO7S. The van der Waals surface area contributed by atoms with Crippen LogP contribution in [0, 0.1) is 6.92 Å². The molecule has 248 valence electrons. The summed E-state index contributed by atoms with van der Waals surface area (Å²) in [4.78, 5) is 14.4. The lowest BCUT2D eigenvalue weighted by Crippen LogP contribution is -2.25. The standard InChI is InChI=1S/C40H35NO7S/c1-28-22-34-37(42)40(47-27-31-16-9-4-10-17-31)39(48-38(34)35(23-28)41-20-11-21-49(41,43)44)33-19-18-32(45-25-29-12-5-2-6-13-29)24-36(33)46-26-30-14-7-3-8-15-30/h2-10,12-19,22-24H,11,20-21,25-27H2,1H3. The van der Waals surface area contributed by atoms with Crippen LogP contribution >= 0.6 is 0 Å². The van der Waals surface area contributed by atoms with Crippen molar-refractivity contribution < 1.29 is 27.0 Å². The lowest BCUT2D eigenvalue weighted by Gasteiger charge is -2.21. The number of aryl methyl sites for hydroxylation is 1. The van der Waals surface area contributed by atoms with Gasteiger partial charge in [-0.2, -0.15) is 0 Å². The first kappa shape index (κ1) is 32.0. The van der Waals surface area contributed by atoms with Crippen LogP contribution in [0.25, 0.3) is 22.3 Å². The largest absolute Gasteiger partial charge is 0.489 e. The maximum atomic E-state index is 14.4. The molecule has 0 N–H and O–H groups in total. The molecule has 0 unspecified atom stereocenters. The molecule has 1 aromatic heterocycles. The third kappa shape index (κ3) is 7.03. The van der Waals surface area contributed by atoms with Crippen LogP contribution in [-0.2, 0) is 29.8 Å². The number of benzene rings is 5. The van der Waals surface area contributed by atoms with Crippen LogP contribution in [0.15, 0.2) is 131 Å². The van der Waals surface area contributed by atoms with Crippen LogP contribution in [0.4, 0.5) is 5.69 Å². The van der Waals surface area contributed by atoms with Gasteiger partial charge in [0.05, 0.1) is 22.4 Å². The van der Waals surface area contributed by atoms with Crippen LogP contribution in [0.1, 0.15) is 28.7 Å². The fourth-order valence-corrected chi connectivity index (χ4v) is 7.47. The first-order valence-electron chi connectivity index (χ1n) is 16.1. The van der Waals surface area contributed by atoms with E-state index in [0.717, 1.165) is 22.3 Å². The molecule has 49 heavy (non-hydrogen) atoms. The van der Waals surface area contributed by atoms with Gasteiger partial charge in [-0.15, -0.1) is 0 Å². The molecule has 8 nitrogen and oxygen atoms in total. The van der Waals surface area contributed by atoms with E-state index in [9.17, 15) is 13.2 Å². The van der Waals surface area contributed by atoms with E-state index >= 15 is 0 Å². The van der Waals surface area contributed by atoms with Gasteiger partial charge in [-0.25, -0.2) is 8.42 Å². The highest BCUT2D eigenvalue weighted by molar-refractivity contribution is 7.93. The monoisotopic (exact) mass is 673 g/mol. The minimum absolute atomic E-state index is 0.000280. The minimum Gasteiger partial charge on any atom is -0.489 e. The quantitative estimate of drug-likeness (QED) is 0.137. The van der Waals surface area contributed by atoms with Crippen molar-refractivity contribution in [1.82, 2.24) is 0 Å². The predicted octanol–water partition coefficient (Wildman–Crippen LogP) is 8.05. The van der Waals surface area contributed by atoms with Crippen LogP contribution in [-0.4, -0.2) is 20.7 Å². The van der Waals surface area contributed by atoms with Gasteiger partial charge in [-0.05, 0) is 59.9 Å². The molecule has 0 radical (unpaired) electrons. The first-order chi connectivity index (χ1) is 23.9. The molecule has 0 atom stereocenters. The smallest absolute Gasteiger partial charge is 0.235 e. The number of sulfonamides is 1. The Morgan fingerprint density at radius 1 is 0.714 bits per heavy atom. The van der Waals surface area contributed by atoms with Gasteiger partial charge in [0.15, 0.2) is 11.3 Å². The summed E-state index contributed by atoms with van der Waals surface area (Å²) < 4.78 is 53.1. The Balaban J connectivity index is 1.39. The van der Waals surface area contributed by atoms with E-state index < -0.39 is 15.5 Å². The number of nitrogens with zero attached hydrogens (tertiary/aromatic N) is 1. The molecule has 1 fully saturated rings. The number of hydrogen-bond acceptors (Lipinski definition) is 7. The normalized spacial score (nSPS) is 13.8. The van der Waals surface area contributed by atoms with Gasteiger partial charge in [0.2, 0.25) is 21.2 Å². The van der Waals surface area contributed by atoms with Crippen molar-refractivity contribution in [3.8, 4) is 28.6 Å². The number of anilines is 1. The molecule has 7 rings (SSSR count). The average Bonchev–Trinajstić information content (AvgIpc) is 3.49. The van der Waals surface area contributed by atoms with Crippen molar-refractivity contribution in [2.24, 2.45) is 0 Å². The molecule has 0 aliphatic carbocycles. The summed E-state index contributed by atoms with van der Waals surface area (Å²) in [5.41, 5.74) is 4.10. The van der Waals surface area contributed by atoms with E-state index in [2.05, 4.69) is 0 Å². The third-order valence-electron chi connectivity index (χ3n) is 8.35. The fraction of sp³-hybridized carbons (Fsp3) is 0.175. The van der Waals surface area contributed by atoms with E-state index in [-0.39, 0.29) is 41.4 Å². The molecule has 0 bridgehead atoms. The second-order valence-electron chi connectivity index (χ2n) is 12.0. The summed E-state index contributed by atoms with van der Waals surface area (Å²) in [5.74, 6) is 1.13. The Hall–Kier alpha value is -5.54. The van der Waals surface area contributed by atoms with E-state index in [1.807, 2.05) is 97.9 Å². The van der Waals surface area contributed by atoms with Crippen LogP contribution in [0.5, 0.6) is 17.2 Å². The predicted molar refractivity (Wildman–Crippen MR) is 191 cm³/mol. The highest BCUT2D eigenvalue weighted by Crippen LogP contribution is 2.42. The van der Waals surface area contributed by atoms with Crippen molar-refractivity contribution in [2.45, 2.75) is 33.2 Å². The lowest BCUT2D eigenvalue weighted by atomic mass is 10.1. The van der Waals surface area contributed by atoms with Crippen molar-refractivity contribution in [3.63, 3.8) is 0 Å². The zero-order chi connectivity index (χ0) is 33.8. The van der Waals surface area contributed by atoms with Crippen molar-refractivity contribution in [1.29, 1.82) is 0 Å². The number of fused-ring (bicyclic) bond motifs is 1. The number of hydrogen-bond donors (Lipinski definition) is 0. The van der Waals surface area contributed by atoms with Crippen molar-refractivity contribution in [2.75, 3.05) is 16.6 Å². The minimum atomic E-state index is -3.58.